The number of hydrogen-bond donors (Lipinski definition) is 3. The van der Waals surface area contributed by atoms with Crippen molar-refractivity contribution in [3.63, 3.8) is 0 Å². The summed E-state index contributed by atoms with van der Waals surface area (Å²) in [4.78, 5) is 45.3. The van der Waals surface area contributed by atoms with Gasteiger partial charge in [0.2, 0.25) is 0 Å². The molecule has 0 bridgehead atoms. The summed E-state index contributed by atoms with van der Waals surface area (Å²) >= 11 is 0. The largest absolute Gasteiger partial charge is 0.461 e. The number of likely N-dealkylation sites (N-methyl/N-ethyl adjacent to an activating group) is 1. The first kappa shape index (κ1) is 44.5. The predicted octanol–water partition coefficient (Wildman–Crippen LogP) is 2.80. The molecule has 2 rings (SSSR count). The lowest BCUT2D eigenvalue weighted by Crippen LogP contribution is -2.60. The maximum absolute atomic E-state index is 14.0. The Balaban J connectivity index is 2.75. The highest BCUT2D eigenvalue weighted by Crippen LogP contribution is 2.40. The molecule has 14 atom stereocenters. The highest BCUT2D eigenvalue weighted by Gasteiger charge is 2.52. The van der Waals surface area contributed by atoms with Crippen molar-refractivity contribution < 1.29 is 53.4 Å². The van der Waals surface area contributed by atoms with E-state index in [0.29, 0.717) is 13.0 Å². The van der Waals surface area contributed by atoms with E-state index in [-0.39, 0.29) is 37.2 Å². The minimum absolute atomic E-state index is 0.0775. The number of nitrogens with zero attached hydrogens (tertiary/aromatic N) is 2. The van der Waals surface area contributed by atoms with Gasteiger partial charge in [0.15, 0.2) is 6.29 Å². The third-order valence-electron chi connectivity index (χ3n) is 11.3. The van der Waals surface area contributed by atoms with Gasteiger partial charge in [0.1, 0.15) is 29.7 Å². The Kier molecular flexibility index (Phi) is 16.8. The molecule has 0 aliphatic carbocycles. The second-order valence-electron chi connectivity index (χ2n) is 15.3. The Hall–Kier alpha value is -1.71. The summed E-state index contributed by atoms with van der Waals surface area (Å²) in [5, 5.41) is 34.4. The summed E-state index contributed by atoms with van der Waals surface area (Å²) in [5.41, 5.74) is -3.22. The minimum atomic E-state index is -1.96. The van der Waals surface area contributed by atoms with E-state index in [0.717, 1.165) is 13.1 Å². The SMILES string of the molecule is CC[C@H]1OC(=O)[C@H](C)[C@@H](OC(=O)CCN(CC)CC)[C@H](C)[C@@H](O[C@@H]2O[C@H](C)C[C@H](N(C)C)[C@H]2O)[C@](C)(OC)C[C@@H](C)C(=O)[C@H](C)[C@@H](O)[C@]1(C)O. The number of rotatable bonds is 11. The lowest BCUT2D eigenvalue weighted by Gasteiger charge is -2.48. The van der Waals surface area contributed by atoms with E-state index in [9.17, 15) is 29.7 Å². The number of aliphatic hydroxyl groups is 3. The Labute approximate surface area is 300 Å². The summed E-state index contributed by atoms with van der Waals surface area (Å²) in [5.74, 6) is -5.13. The number of carbonyl (C=O) groups excluding carboxylic acids is 3. The van der Waals surface area contributed by atoms with Gasteiger partial charge in [-0.3, -0.25) is 14.4 Å². The zero-order valence-electron chi connectivity index (χ0n) is 32.9. The van der Waals surface area contributed by atoms with Crippen LogP contribution in [0.3, 0.4) is 0 Å². The van der Waals surface area contributed by atoms with Crippen LogP contribution in [0.1, 0.15) is 94.9 Å². The quantitative estimate of drug-likeness (QED) is 0.268. The fourth-order valence-electron chi connectivity index (χ4n) is 7.78. The van der Waals surface area contributed by atoms with Crippen molar-refractivity contribution >= 4 is 17.7 Å². The molecule has 0 unspecified atom stereocenters. The first-order valence-electron chi connectivity index (χ1n) is 18.5. The molecule has 50 heavy (non-hydrogen) atoms. The summed E-state index contributed by atoms with van der Waals surface area (Å²) in [6, 6.07) is -0.282. The monoisotopic (exact) mass is 716 g/mol. The fraction of sp³-hybridized carbons (Fsp3) is 0.919. The molecule has 0 aromatic carbocycles. The number of methoxy groups -OCH3 is 1. The zero-order chi connectivity index (χ0) is 38.3. The molecule has 292 valence electrons. The highest BCUT2D eigenvalue weighted by molar-refractivity contribution is 5.83. The van der Waals surface area contributed by atoms with Gasteiger partial charge >= 0.3 is 11.9 Å². The molecule has 3 N–H and O–H groups in total. The van der Waals surface area contributed by atoms with Crippen LogP contribution in [0.15, 0.2) is 0 Å². The number of cyclic esters (lactones) is 1. The van der Waals surface area contributed by atoms with Crippen molar-refractivity contribution in [3.8, 4) is 0 Å². The molecule has 0 aromatic heterocycles. The Bertz CT molecular complexity index is 1100. The molecule has 0 spiro atoms. The Morgan fingerprint density at radius 3 is 2.12 bits per heavy atom. The van der Waals surface area contributed by atoms with Crippen LogP contribution in [-0.2, 0) is 38.1 Å². The predicted molar refractivity (Wildman–Crippen MR) is 188 cm³/mol. The van der Waals surface area contributed by atoms with Crippen LogP contribution in [0.4, 0.5) is 0 Å². The molecular weight excluding hydrogens is 648 g/mol. The van der Waals surface area contributed by atoms with Crippen LogP contribution in [-0.4, -0.2) is 144 Å². The van der Waals surface area contributed by atoms with E-state index in [1.165, 1.54) is 14.0 Å². The van der Waals surface area contributed by atoms with Gasteiger partial charge in [0.05, 0.1) is 36.3 Å². The standard InChI is InChI=1S/C37H68N2O11/c1-14-27-37(10,45)32(43)23(6)29(41)21(4)20-36(9,46-13)33(50-35-30(42)26(38(11)12)19-22(5)47-35)24(7)31(25(8)34(44)48-27)49-28(40)17-18-39(15-2)16-3/h21-27,30-33,35,42-43,45H,14-20H2,1-13H3/t21-,22-,23+,24+,25-,26+,27-,30-,31+,32-,33-,35+,36-,37-/m1/s1. The number of aliphatic hydroxyl groups excluding tert-OH is 2. The molecule has 0 saturated carbocycles. The van der Waals surface area contributed by atoms with Crippen molar-refractivity contribution in [2.45, 2.75) is 155 Å². The molecule has 2 fully saturated rings. The van der Waals surface area contributed by atoms with Crippen molar-refractivity contribution in [2.24, 2.45) is 23.7 Å². The van der Waals surface area contributed by atoms with Crippen LogP contribution in [0.2, 0.25) is 0 Å². The van der Waals surface area contributed by atoms with Crippen molar-refractivity contribution in [1.29, 1.82) is 0 Å². The van der Waals surface area contributed by atoms with E-state index in [1.807, 2.05) is 39.8 Å². The second kappa shape index (κ2) is 18.9. The molecule has 0 aromatic rings. The third-order valence-corrected chi connectivity index (χ3v) is 11.3. The van der Waals surface area contributed by atoms with E-state index in [1.54, 1.807) is 41.5 Å². The number of carbonyl (C=O) groups is 3. The smallest absolute Gasteiger partial charge is 0.312 e. The van der Waals surface area contributed by atoms with Gasteiger partial charge in [0, 0.05) is 37.5 Å². The topological polar surface area (TPSA) is 165 Å². The van der Waals surface area contributed by atoms with Crippen LogP contribution < -0.4 is 0 Å². The van der Waals surface area contributed by atoms with E-state index < -0.39 is 83.6 Å². The Morgan fingerprint density at radius 2 is 1.60 bits per heavy atom. The molecule has 0 amide bonds. The van der Waals surface area contributed by atoms with E-state index in [2.05, 4.69) is 4.90 Å². The van der Waals surface area contributed by atoms with Gasteiger partial charge in [-0.05, 0) is 74.1 Å². The number of ether oxygens (including phenoxy) is 5. The number of esters is 2. The normalized spacial score (nSPS) is 41.2. The second-order valence-corrected chi connectivity index (χ2v) is 15.3. The Morgan fingerprint density at radius 1 is 1.00 bits per heavy atom. The molecule has 2 heterocycles. The average Bonchev–Trinajstić information content (AvgIpc) is 3.07. The summed E-state index contributed by atoms with van der Waals surface area (Å²) in [6.07, 6.45) is -6.35. The molecule has 13 nitrogen and oxygen atoms in total. The average molecular weight is 717 g/mol. The van der Waals surface area contributed by atoms with Crippen molar-refractivity contribution in [1.82, 2.24) is 9.80 Å². The van der Waals surface area contributed by atoms with Crippen LogP contribution >= 0.6 is 0 Å². The van der Waals surface area contributed by atoms with Crippen molar-refractivity contribution in [2.75, 3.05) is 40.8 Å². The lowest BCUT2D eigenvalue weighted by atomic mass is 9.74. The number of hydrogen-bond acceptors (Lipinski definition) is 13. The van der Waals surface area contributed by atoms with E-state index in [4.69, 9.17) is 23.7 Å². The zero-order valence-corrected chi connectivity index (χ0v) is 32.9. The maximum atomic E-state index is 14.0. The summed E-state index contributed by atoms with van der Waals surface area (Å²) < 4.78 is 31.1. The molecule has 13 heteroatoms. The third kappa shape index (κ3) is 10.5. The van der Waals surface area contributed by atoms with Gasteiger partial charge < -0.3 is 48.8 Å². The molecule has 2 aliphatic heterocycles. The molecule has 2 aliphatic rings. The van der Waals surface area contributed by atoms with Crippen LogP contribution in [0.5, 0.6) is 0 Å². The molecular formula is C37H68N2O11. The van der Waals surface area contributed by atoms with E-state index >= 15 is 0 Å². The summed E-state index contributed by atoms with van der Waals surface area (Å²) in [6.45, 7) is 19.4. The first-order valence-corrected chi connectivity index (χ1v) is 18.5. The number of ketones is 1. The molecule has 2 saturated heterocycles. The van der Waals surface area contributed by atoms with Gasteiger partial charge in [-0.15, -0.1) is 0 Å². The first-order chi connectivity index (χ1) is 23.2. The van der Waals surface area contributed by atoms with Gasteiger partial charge in [0.25, 0.3) is 0 Å². The van der Waals surface area contributed by atoms with Gasteiger partial charge in [-0.1, -0.05) is 41.5 Å². The number of Topliss-reactive ketones (excluding diaryl/α,β-unsaturated/α-hetero) is 1. The minimum Gasteiger partial charge on any atom is -0.461 e. The van der Waals surface area contributed by atoms with Crippen LogP contribution in [0, 0.1) is 23.7 Å². The van der Waals surface area contributed by atoms with Crippen molar-refractivity contribution in [3.05, 3.63) is 0 Å². The van der Waals surface area contributed by atoms with Crippen LogP contribution in [0.25, 0.3) is 0 Å². The molecule has 0 radical (unpaired) electrons. The lowest BCUT2D eigenvalue weighted by molar-refractivity contribution is -0.301. The van der Waals surface area contributed by atoms with Gasteiger partial charge in [-0.25, -0.2) is 0 Å². The maximum Gasteiger partial charge on any atom is 0.312 e. The summed E-state index contributed by atoms with van der Waals surface area (Å²) in [7, 11) is 5.24. The fourth-order valence-corrected chi connectivity index (χ4v) is 7.78. The van der Waals surface area contributed by atoms with Gasteiger partial charge in [-0.2, -0.15) is 0 Å². The highest BCUT2D eigenvalue weighted by atomic mass is 16.7.